The van der Waals surface area contributed by atoms with Crippen molar-refractivity contribution in [2.75, 3.05) is 19.6 Å². The molecule has 1 fully saturated rings. The highest BCUT2D eigenvalue weighted by Crippen LogP contribution is 2.37. The predicted molar refractivity (Wildman–Crippen MR) is 87.7 cm³/mol. The van der Waals surface area contributed by atoms with E-state index >= 15 is 0 Å². The molecule has 25 heavy (non-hydrogen) atoms. The first kappa shape index (κ1) is 21.5. The summed E-state index contributed by atoms with van der Waals surface area (Å²) < 4.78 is 38.6. The van der Waals surface area contributed by atoms with Gasteiger partial charge in [0.2, 0.25) is 5.91 Å². The summed E-state index contributed by atoms with van der Waals surface area (Å²) in [6.45, 7) is -0.846. The van der Waals surface area contributed by atoms with Crippen molar-refractivity contribution < 1.29 is 27.9 Å². The van der Waals surface area contributed by atoms with Gasteiger partial charge in [-0.05, 0) is 17.7 Å². The van der Waals surface area contributed by atoms with Gasteiger partial charge in [-0.3, -0.25) is 14.5 Å². The Morgan fingerprint density at radius 2 is 1.84 bits per heavy atom. The average molecular weight is 401 g/mol. The Balaban J connectivity index is 0.00000312. The summed E-state index contributed by atoms with van der Waals surface area (Å²) in [5.74, 6) is -5.47. The van der Waals surface area contributed by atoms with Gasteiger partial charge >= 0.3 is 12.1 Å². The number of alkyl halides is 3. The fourth-order valence-electron chi connectivity index (χ4n) is 2.66. The summed E-state index contributed by atoms with van der Waals surface area (Å²) in [4.78, 5) is 24.1. The van der Waals surface area contributed by atoms with E-state index in [4.69, 9.17) is 16.7 Å². The molecule has 0 spiro atoms. The number of halogens is 5. The molecule has 5 nitrogen and oxygen atoms in total. The number of nitrogens with one attached hydrogen (secondary N) is 1. The Bertz CT molecular complexity index is 611. The number of aliphatic carboxylic acids is 1. The van der Waals surface area contributed by atoms with Gasteiger partial charge < -0.3 is 10.4 Å². The van der Waals surface area contributed by atoms with E-state index < -0.39 is 36.4 Å². The van der Waals surface area contributed by atoms with Gasteiger partial charge in [0, 0.05) is 24.7 Å². The Hall–Kier alpha value is -1.51. The Kier molecular flexibility index (Phi) is 7.52. The standard InChI is InChI=1S/C15H16ClF3N2O3.ClH/c16-10-3-1-9(2-4-10)5-20-13(22)8-21-6-11(14(23)24)12(7-21)15(17,18)19;/h1-4,11-12H,5-8H2,(H,20,22)(H,23,24);1H/t11-,12-;/m1./s1. The number of benzene rings is 1. The van der Waals surface area contributed by atoms with Gasteiger partial charge in [0.15, 0.2) is 0 Å². The molecule has 2 N–H and O–H groups in total. The summed E-state index contributed by atoms with van der Waals surface area (Å²) in [5, 5.41) is 12.1. The number of carboxylic acid groups (broad SMARTS) is 1. The topological polar surface area (TPSA) is 69.6 Å². The minimum absolute atomic E-state index is 0. The van der Waals surface area contributed by atoms with Gasteiger partial charge in [-0.1, -0.05) is 23.7 Å². The maximum absolute atomic E-state index is 12.9. The lowest BCUT2D eigenvalue weighted by Crippen LogP contribution is -2.36. The lowest BCUT2D eigenvalue weighted by molar-refractivity contribution is -0.188. The van der Waals surface area contributed by atoms with Gasteiger partial charge in [-0.25, -0.2) is 0 Å². The summed E-state index contributed by atoms with van der Waals surface area (Å²) in [5.41, 5.74) is 0.797. The maximum atomic E-state index is 12.9. The van der Waals surface area contributed by atoms with Crippen molar-refractivity contribution in [2.45, 2.75) is 12.7 Å². The molecule has 0 aromatic heterocycles. The predicted octanol–water partition coefficient (Wildman–Crippen LogP) is 2.57. The molecule has 1 aromatic rings. The zero-order valence-corrected chi connectivity index (χ0v) is 14.5. The molecule has 0 unspecified atom stereocenters. The van der Waals surface area contributed by atoms with Crippen molar-refractivity contribution in [3.63, 3.8) is 0 Å². The lowest BCUT2D eigenvalue weighted by Gasteiger charge is -2.18. The van der Waals surface area contributed by atoms with E-state index in [1.807, 2.05) is 0 Å². The van der Waals surface area contributed by atoms with Crippen molar-refractivity contribution in [1.82, 2.24) is 10.2 Å². The molecule has 0 aliphatic carbocycles. The second-order valence-corrected chi connectivity index (χ2v) is 6.13. The van der Waals surface area contributed by atoms with E-state index in [-0.39, 0.29) is 32.0 Å². The number of carbonyl (C=O) groups excluding carboxylic acids is 1. The van der Waals surface area contributed by atoms with Gasteiger partial charge in [-0.2, -0.15) is 13.2 Å². The largest absolute Gasteiger partial charge is 0.481 e. The smallest absolute Gasteiger partial charge is 0.393 e. The first-order valence-electron chi connectivity index (χ1n) is 7.20. The third-order valence-corrected chi connectivity index (χ3v) is 4.16. The van der Waals surface area contributed by atoms with Crippen LogP contribution in [0.2, 0.25) is 5.02 Å². The molecule has 1 aliphatic heterocycles. The summed E-state index contributed by atoms with van der Waals surface area (Å²) in [7, 11) is 0. The van der Waals surface area contributed by atoms with E-state index in [0.29, 0.717) is 5.02 Å². The van der Waals surface area contributed by atoms with Crippen LogP contribution in [0.15, 0.2) is 24.3 Å². The number of nitrogens with zero attached hydrogens (tertiary/aromatic N) is 1. The van der Waals surface area contributed by atoms with Crippen molar-refractivity contribution in [1.29, 1.82) is 0 Å². The van der Waals surface area contributed by atoms with Crippen LogP contribution in [0, 0.1) is 11.8 Å². The number of hydrogen-bond donors (Lipinski definition) is 2. The molecule has 140 valence electrons. The molecule has 1 amide bonds. The summed E-state index contributed by atoms with van der Waals surface area (Å²) in [6, 6.07) is 6.76. The van der Waals surface area contributed by atoms with E-state index in [1.54, 1.807) is 24.3 Å². The molecule has 1 aromatic carbocycles. The molecule has 0 saturated carbocycles. The van der Waals surface area contributed by atoms with Crippen LogP contribution >= 0.6 is 24.0 Å². The number of carboxylic acids is 1. The summed E-state index contributed by atoms with van der Waals surface area (Å²) in [6.07, 6.45) is -4.60. The molecule has 1 aliphatic rings. The van der Waals surface area contributed by atoms with Crippen LogP contribution in [-0.4, -0.2) is 47.7 Å². The quantitative estimate of drug-likeness (QED) is 0.796. The SMILES string of the molecule is Cl.O=C(CN1C[C@@H](C(F)(F)F)[C@H](C(=O)O)C1)NCc1ccc(Cl)cc1. The highest BCUT2D eigenvalue weighted by atomic mass is 35.5. The van der Waals surface area contributed by atoms with E-state index in [9.17, 15) is 22.8 Å². The zero-order chi connectivity index (χ0) is 17.9. The zero-order valence-electron chi connectivity index (χ0n) is 12.9. The number of hydrogen-bond acceptors (Lipinski definition) is 3. The molecular weight excluding hydrogens is 384 g/mol. The first-order valence-corrected chi connectivity index (χ1v) is 7.57. The van der Waals surface area contributed by atoms with Crippen LogP contribution in [0.5, 0.6) is 0 Å². The van der Waals surface area contributed by atoms with Crippen LogP contribution in [0.4, 0.5) is 13.2 Å². The van der Waals surface area contributed by atoms with Gasteiger partial charge in [0.1, 0.15) is 0 Å². The maximum Gasteiger partial charge on any atom is 0.393 e. The second-order valence-electron chi connectivity index (χ2n) is 5.69. The van der Waals surface area contributed by atoms with E-state index in [1.165, 1.54) is 4.90 Å². The number of amides is 1. The highest BCUT2D eigenvalue weighted by Gasteiger charge is 2.52. The van der Waals surface area contributed by atoms with Gasteiger partial charge in [-0.15, -0.1) is 12.4 Å². The van der Waals surface area contributed by atoms with Crippen molar-refractivity contribution in [3.05, 3.63) is 34.9 Å². The molecule has 0 radical (unpaired) electrons. The Morgan fingerprint density at radius 1 is 1.24 bits per heavy atom. The van der Waals surface area contributed by atoms with E-state index in [0.717, 1.165) is 5.56 Å². The Morgan fingerprint density at radius 3 is 2.32 bits per heavy atom. The average Bonchev–Trinajstić information content (AvgIpc) is 2.91. The lowest BCUT2D eigenvalue weighted by atomic mass is 9.96. The number of carbonyl (C=O) groups is 2. The number of rotatable bonds is 5. The Labute approximate surface area is 153 Å². The molecule has 2 atom stereocenters. The van der Waals surface area contributed by atoms with Crippen molar-refractivity contribution in [3.8, 4) is 0 Å². The van der Waals surface area contributed by atoms with Gasteiger partial charge in [0.05, 0.1) is 18.4 Å². The monoisotopic (exact) mass is 400 g/mol. The minimum Gasteiger partial charge on any atom is -0.481 e. The van der Waals surface area contributed by atoms with Crippen molar-refractivity contribution >= 4 is 35.9 Å². The van der Waals surface area contributed by atoms with Crippen molar-refractivity contribution in [2.24, 2.45) is 11.8 Å². The van der Waals surface area contributed by atoms with Crippen LogP contribution in [0.1, 0.15) is 5.56 Å². The first-order chi connectivity index (χ1) is 11.2. The fraction of sp³-hybridized carbons (Fsp3) is 0.467. The van der Waals surface area contributed by atoms with Crippen LogP contribution < -0.4 is 5.32 Å². The molecule has 10 heteroatoms. The van der Waals surface area contributed by atoms with Gasteiger partial charge in [0.25, 0.3) is 0 Å². The molecule has 1 heterocycles. The van der Waals surface area contributed by atoms with E-state index in [2.05, 4.69) is 5.32 Å². The summed E-state index contributed by atoms with van der Waals surface area (Å²) >= 11 is 5.74. The second kappa shape index (κ2) is 8.73. The molecule has 2 rings (SSSR count). The third-order valence-electron chi connectivity index (χ3n) is 3.90. The van der Waals surface area contributed by atoms with Crippen LogP contribution in [0.25, 0.3) is 0 Å². The normalized spacial score (nSPS) is 20.8. The molecule has 0 bridgehead atoms. The number of likely N-dealkylation sites (tertiary alicyclic amines) is 1. The molecule has 1 saturated heterocycles. The molecular formula is C15H17Cl2F3N2O3. The third kappa shape index (κ3) is 6.05. The highest BCUT2D eigenvalue weighted by molar-refractivity contribution is 6.30. The fourth-order valence-corrected chi connectivity index (χ4v) is 2.78. The van der Waals surface area contributed by atoms with Crippen LogP contribution in [0.3, 0.4) is 0 Å². The van der Waals surface area contributed by atoms with Crippen LogP contribution in [-0.2, 0) is 16.1 Å². The minimum atomic E-state index is -4.60.